The Kier molecular flexibility index (Phi) is 8.13. The molecule has 2 aromatic carbocycles. The van der Waals surface area contributed by atoms with Gasteiger partial charge in [0.1, 0.15) is 12.6 Å². The number of carbonyl (C=O) groups is 3. The zero-order valence-electron chi connectivity index (χ0n) is 17.0. The van der Waals surface area contributed by atoms with Crippen LogP contribution in [0.1, 0.15) is 12.5 Å². The van der Waals surface area contributed by atoms with Gasteiger partial charge in [0, 0.05) is 9.26 Å². The number of halogens is 1. The van der Waals surface area contributed by atoms with Crippen LogP contribution in [-0.4, -0.2) is 41.7 Å². The van der Waals surface area contributed by atoms with E-state index in [1.54, 1.807) is 36.4 Å². The summed E-state index contributed by atoms with van der Waals surface area (Å²) in [4.78, 5) is 38.5. The third-order valence-electron chi connectivity index (χ3n) is 4.16. The number of hydrogen-bond acceptors (Lipinski definition) is 7. The van der Waals surface area contributed by atoms with Crippen LogP contribution in [0.25, 0.3) is 6.08 Å². The maximum absolute atomic E-state index is 12.7. The first-order valence-electron chi connectivity index (χ1n) is 9.48. The molecule has 0 saturated carbocycles. The number of imide groups is 1. The van der Waals surface area contributed by atoms with Gasteiger partial charge in [-0.2, -0.15) is 5.26 Å². The average Bonchev–Trinajstić information content (AvgIpc) is 3.02. The maximum Gasteiger partial charge on any atom is 0.294 e. The van der Waals surface area contributed by atoms with Crippen molar-refractivity contribution in [3.05, 3.63) is 56.5 Å². The predicted octanol–water partition coefficient (Wildman–Crippen LogP) is 4.27. The molecule has 1 heterocycles. The van der Waals surface area contributed by atoms with E-state index in [1.165, 1.54) is 0 Å². The number of ether oxygens (including phenoxy) is 2. The number of nitriles is 1. The molecule has 0 aromatic heterocycles. The van der Waals surface area contributed by atoms with Gasteiger partial charge in [0.25, 0.3) is 11.1 Å². The first-order chi connectivity index (χ1) is 15.4. The summed E-state index contributed by atoms with van der Waals surface area (Å²) < 4.78 is 11.9. The Bertz CT molecular complexity index is 1110. The summed E-state index contributed by atoms with van der Waals surface area (Å²) in [5, 5.41) is 10.9. The molecule has 10 heteroatoms. The molecule has 0 unspecified atom stereocenters. The number of thioether (sulfide) groups is 1. The molecule has 32 heavy (non-hydrogen) atoms. The first kappa shape index (κ1) is 23.6. The van der Waals surface area contributed by atoms with Crippen LogP contribution in [0.15, 0.2) is 47.4 Å². The van der Waals surface area contributed by atoms with Gasteiger partial charge in [-0.15, -0.1) is 0 Å². The van der Waals surface area contributed by atoms with Gasteiger partial charge < -0.3 is 14.8 Å². The van der Waals surface area contributed by atoms with Crippen molar-refractivity contribution in [1.82, 2.24) is 4.90 Å². The van der Waals surface area contributed by atoms with E-state index in [9.17, 15) is 14.4 Å². The van der Waals surface area contributed by atoms with Gasteiger partial charge in [0.15, 0.2) is 18.1 Å². The van der Waals surface area contributed by atoms with Crippen LogP contribution >= 0.6 is 34.4 Å². The van der Waals surface area contributed by atoms with Crippen molar-refractivity contribution < 1.29 is 23.9 Å². The number of nitrogens with zero attached hydrogens (tertiary/aromatic N) is 2. The van der Waals surface area contributed by atoms with Gasteiger partial charge in [-0.05, 0) is 89.3 Å². The number of rotatable bonds is 8. The lowest BCUT2D eigenvalue weighted by Gasteiger charge is -2.12. The van der Waals surface area contributed by atoms with Gasteiger partial charge in [-0.3, -0.25) is 19.3 Å². The molecule has 3 rings (SSSR count). The van der Waals surface area contributed by atoms with Crippen LogP contribution in [-0.2, 0) is 9.59 Å². The molecule has 2 aromatic rings. The molecule has 1 aliphatic heterocycles. The minimum Gasteiger partial charge on any atom is -0.490 e. The van der Waals surface area contributed by atoms with Gasteiger partial charge in [0.2, 0.25) is 5.91 Å². The Morgan fingerprint density at radius 2 is 1.94 bits per heavy atom. The van der Waals surface area contributed by atoms with Crippen LogP contribution in [0.2, 0.25) is 0 Å². The summed E-state index contributed by atoms with van der Waals surface area (Å²) in [5.74, 6) is -0.175. The molecule has 1 saturated heterocycles. The van der Waals surface area contributed by atoms with Gasteiger partial charge in [0.05, 0.1) is 11.5 Å². The summed E-state index contributed by atoms with van der Waals surface area (Å²) in [6.45, 7) is 1.70. The number of anilines is 1. The Hall–Kier alpha value is -3.04. The molecule has 8 nitrogen and oxygen atoms in total. The molecule has 0 spiro atoms. The molecule has 3 amide bonds. The quantitative estimate of drug-likeness (QED) is 0.378. The highest BCUT2D eigenvalue weighted by atomic mass is 127. The predicted molar refractivity (Wildman–Crippen MR) is 129 cm³/mol. The van der Waals surface area contributed by atoms with Crippen molar-refractivity contribution >= 4 is 63.2 Å². The van der Waals surface area contributed by atoms with Crippen LogP contribution in [0.4, 0.5) is 10.5 Å². The summed E-state index contributed by atoms with van der Waals surface area (Å²) in [7, 11) is 0. The van der Waals surface area contributed by atoms with E-state index in [4.69, 9.17) is 14.7 Å². The Morgan fingerprint density at radius 1 is 1.19 bits per heavy atom. The fourth-order valence-corrected chi connectivity index (χ4v) is 3.97. The van der Waals surface area contributed by atoms with Gasteiger partial charge in [-0.1, -0.05) is 6.07 Å². The Morgan fingerprint density at radius 3 is 2.62 bits per heavy atom. The zero-order valence-corrected chi connectivity index (χ0v) is 19.9. The third-order valence-corrected chi connectivity index (χ3v) is 5.79. The number of benzene rings is 2. The second kappa shape index (κ2) is 11.0. The number of nitrogens with one attached hydrogen (secondary N) is 1. The molecule has 0 radical (unpaired) electrons. The van der Waals surface area contributed by atoms with Crippen molar-refractivity contribution in [1.29, 1.82) is 5.26 Å². The number of carbonyl (C=O) groups excluding carboxylic acids is 3. The van der Waals surface area contributed by atoms with Gasteiger partial charge >= 0.3 is 0 Å². The minimum absolute atomic E-state index is 0.122. The van der Waals surface area contributed by atoms with Gasteiger partial charge in [-0.25, -0.2) is 0 Å². The topological polar surface area (TPSA) is 109 Å². The van der Waals surface area contributed by atoms with Crippen molar-refractivity contribution in [2.75, 3.05) is 25.1 Å². The molecular weight excluding hydrogens is 545 g/mol. The summed E-state index contributed by atoms with van der Waals surface area (Å²) in [6.07, 6.45) is 1.55. The lowest BCUT2D eigenvalue weighted by molar-refractivity contribution is -0.127. The summed E-state index contributed by atoms with van der Waals surface area (Å²) in [5.41, 5.74) is 1.20. The fraction of sp³-hybridized carbons (Fsp3) is 0.182. The standard InChI is InChI=1S/C22H18IN3O5S/c1-2-30-18-11-14(3-8-17(18)31-10-9-24)12-19-21(28)26(22(29)32-19)13-20(27)25-16-6-4-15(23)5-7-16/h3-8,11-12H,2,10,13H2,1H3,(H,25,27)/b19-12-. The van der Waals surface area contributed by atoms with Crippen molar-refractivity contribution in [2.24, 2.45) is 0 Å². The van der Waals surface area contributed by atoms with Crippen molar-refractivity contribution in [3.8, 4) is 17.6 Å². The second-order valence-corrected chi connectivity index (χ2v) is 8.65. The van der Waals surface area contributed by atoms with Crippen molar-refractivity contribution in [3.63, 3.8) is 0 Å². The lowest BCUT2D eigenvalue weighted by atomic mass is 10.2. The van der Waals surface area contributed by atoms with E-state index in [-0.39, 0.29) is 18.1 Å². The molecule has 0 aliphatic carbocycles. The van der Waals surface area contributed by atoms with E-state index in [1.807, 2.05) is 25.1 Å². The van der Waals surface area contributed by atoms with Crippen molar-refractivity contribution in [2.45, 2.75) is 6.92 Å². The smallest absolute Gasteiger partial charge is 0.294 e. The normalized spacial score (nSPS) is 14.4. The van der Waals surface area contributed by atoms with E-state index in [0.29, 0.717) is 29.4 Å². The molecule has 0 atom stereocenters. The maximum atomic E-state index is 12.7. The Balaban J connectivity index is 1.71. The summed E-state index contributed by atoms with van der Waals surface area (Å²) >= 11 is 2.92. The monoisotopic (exact) mass is 563 g/mol. The third kappa shape index (κ3) is 6.02. The molecular formula is C22H18IN3O5S. The highest BCUT2D eigenvalue weighted by Gasteiger charge is 2.36. The van der Waals surface area contributed by atoms with Crippen LogP contribution in [0, 0.1) is 14.9 Å². The molecule has 1 N–H and O–H groups in total. The molecule has 1 aliphatic rings. The summed E-state index contributed by atoms with van der Waals surface area (Å²) in [6, 6.07) is 14.0. The number of hydrogen-bond donors (Lipinski definition) is 1. The highest BCUT2D eigenvalue weighted by molar-refractivity contribution is 14.1. The number of amides is 3. The fourth-order valence-electron chi connectivity index (χ4n) is 2.78. The minimum atomic E-state index is -0.541. The van der Waals surface area contributed by atoms with E-state index in [2.05, 4.69) is 27.9 Å². The van der Waals surface area contributed by atoms with Crippen LogP contribution in [0.5, 0.6) is 11.5 Å². The Labute approximate surface area is 202 Å². The van der Waals surface area contributed by atoms with Crippen LogP contribution in [0.3, 0.4) is 0 Å². The van der Waals surface area contributed by atoms with Crippen LogP contribution < -0.4 is 14.8 Å². The molecule has 1 fully saturated rings. The van der Waals surface area contributed by atoms with E-state index in [0.717, 1.165) is 20.2 Å². The zero-order chi connectivity index (χ0) is 23.1. The average molecular weight is 563 g/mol. The van der Waals surface area contributed by atoms with E-state index >= 15 is 0 Å². The lowest BCUT2D eigenvalue weighted by Crippen LogP contribution is -2.36. The molecule has 0 bridgehead atoms. The first-order valence-corrected chi connectivity index (χ1v) is 11.4. The largest absolute Gasteiger partial charge is 0.490 e. The second-order valence-electron chi connectivity index (χ2n) is 6.41. The molecule has 164 valence electrons. The highest BCUT2D eigenvalue weighted by Crippen LogP contribution is 2.34. The SMILES string of the molecule is CCOc1cc(/C=C2\SC(=O)N(CC(=O)Nc3ccc(I)cc3)C2=O)ccc1OCC#N. The van der Waals surface area contributed by atoms with E-state index < -0.39 is 17.1 Å².